The molecule has 0 aromatic carbocycles. The molecule has 5 N–H and O–H groups in total. The lowest BCUT2D eigenvalue weighted by molar-refractivity contribution is -0.118. The third kappa shape index (κ3) is 9.34. The average molecular weight is 181 g/mol. The number of nitrogens with two attached hydrogens (primary N) is 2. The Labute approximate surface area is 65.1 Å². The van der Waals surface area contributed by atoms with Crippen molar-refractivity contribution in [3.05, 3.63) is 0 Å². The van der Waals surface area contributed by atoms with Crippen LogP contribution in [0.2, 0.25) is 0 Å². The lowest BCUT2D eigenvalue weighted by Gasteiger charge is -1.98. The number of rotatable bonds is 5. The molecule has 0 spiro atoms. The fraction of sp³-hybridized carbons (Fsp3) is 0.750. The van der Waals surface area contributed by atoms with Crippen LogP contribution in [0.15, 0.2) is 0 Å². The summed E-state index contributed by atoms with van der Waals surface area (Å²) in [5, 5.41) is 4.60. The molecule has 0 saturated carbocycles. The van der Waals surface area contributed by atoms with Crippen LogP contribution in [-0.4, -0.2) is 20.9 Å². The van der Waals surface area contributed by atoms with Gasteiger partial charge in [0.1, 0.15) is 0 Å². The Kier molecular flexibility index (Phi) is 4.01. The van der Waals surface area contributed by atoms with Crippen molar-refractivity contribution in [1.82, 2.24) is 4.72 Å². The van der Waals surface area contributed by atoms with Gasteiger partial charge in [0, 0.05) is 13.0 Å². The van der Waals surface area contributed by atoms with Crippen LogP contribution < -0.4 is 15.6 Å². The Balaban J connectivity index is 3.37. The summed E-state index contributed by atoms with van der Waals surface area (Å²) in [6, 6.07) is 0. The first kappa shape index (κ1) is 10.3. The van der Waals surface area contributed by atoms with Crippen LogP contribution in [-0.2, 0) is 15.0 Å². The Morgan fingerprint density at radius 2 is 2.00 bits per heavy atom. The lowest BCUT2D eigenvalue weighted by Crippen LogP contribution is -2.31. The van der Waals surface area contributed by atoms with E-state index < -0.39 is 16.1 Å². The molecule has 7 heteroatoms. The molecule has 6 nitrogen and oxygen atoms in total. The van der Waals surface area contributed by atoms with Crippen LogP contribution in [0.5, 0.6) is 0 Å². The second kappa shape index (κ2) is 4.27. The Morgan fingerprint density at radius 3 is 2.36 bits per heavy atom. The molecule has 0 saturated heterocycles. The molecule has 0 heterocycles. The van der Waals surface area contributed by atoms with Gasteiger partial charge in [-0.2, -0.15) is 8.42 Å². The number of nitrogens with one attached hydrogen (secondary N) is 1. The first-order chi connectivity index (χ1) is 4.92. The highest BCUT2D eigenvalue weighted by Gasteiger charge is 1.99. The zero-order valence-electron chi connectivity index (χ0n) is 5.91. The molecule has 0 atom stereocenters. The molecule has 0 rings (SSSR count). The molecule has 1 amide bonds. The maximum atomic E-state index is 10.2. The van der Waals surface area contributed by atoms with E-state index in [2.05, 4.69) is 5.14 Å². The summed E-state index contributed by atoms with van der Waals surface area (Å²) in [6.07, 6.45) is 0.522. The minimum Gasteiger partial charge on any atom is -0.370 e. The SMILES string of the molecule is NC(=O)CCCNS(N)(=O)=O. The van der Waals surface area contributed by atoms with E-state index in [9.17, 15) is 13.2 Å². The van der Waals surface area contributed by atoms with Crippen LogP contribution in [0.25, 0.3) is 0 Å². The van der Waals surface area contributed by atoms with E-state index in [1.54, 1.807) is 0 Å². The lowest BCUT2D eigenvalue weighted by atomic mass is 10.3. The van der Waals surface area contributed by atoms with Gasteiger partial charge in [-0.15, -0.1) is 0 Å². The van der Waals surface area contributed by atoms with Gasteiger partial charge in [-0.1, -0.05) is 0 Å². The van der Waals surface area contributed by atoms with Crippen molar-refractivity contribution in [2.24, 2.45) is 10.9 Å². The largest absolute Gasteiger partial charge is 0.370 e. The molecule has 66 valence electrons. The molecule has 11 heavy (non-hydrogen) atoms. The van der Waals surface area contributed by atoms with Crippen molar-refractivity contribution in [2.45, 2.75) is 12.8 Å². The van der Waals surface area contributed by atoms with Crippen LogP contribution in [0.4, 0.5) is 0 Å². The van der Waals surface area contributed by atoms with Crippen molar-refractivity contribution < 1.29 is 13.2 Å². The van der Waals surface area contributed by atoms with Gasteiger partial charge in [-0.05, 0) is 6.42 Å². The van der Waals surface area contributed by atoms with E-state index in [1.807, 2.05) is 4.72 Å². The van der Waals surface area contributed by atoms with Crippen molar-refractivity contribution in [2.75, 3.05) is 6.54 Å². The minimum atomic E-state index is -3.62. The fourth-order valence-corrected chi connectivity index (χ4v) is 0.906. The van der Waals surface area contributed by atoms with Gasteiger partial charge in [-0.3, -0.25) is 4.79 Å². The van der Waals surface area contributed by atoms with Crippen molar-refractivity contribution >= 4 is 16.1 Å². The first-order valence-corrected chi connectivity index (χ1v) is 4.52. The number of carbonyl (C=O) groups is 1. The Morgan fingerprint density at radius 1 is 1.45 bits per heavy atom. The number of hydrogen-bond donors (Lipinski definition) is 3. The zero-order valence-corrected chi connectivity index (χ0v) is 6.73. The summed E-state index contributed by atoms with van der Waals surface area (Å²) in [7, 11) is -3.62. The normalized spacial score (nSPS) is 11.4. The standard InChI is InChI=1S/C4H11N3O3S/c5-4(8)2-1-3-7-11(6,9)10/h7H,1-3H2,(H2,5,8)(H2,6,9,10). The van der Waals surface area contributed by atoms with Crippen molar-refractivity contribution in [1.29, 1.82) is 0 Å². The number of carbonyl (C=O) groups excluding carboxylic acids is 1. The van der Waals surface area contributed by atoms with Gasteiger partial charge in [-0.25, -0.2) is 9.86 Å². The van der Waals surface area contributed by atoms with Gasteiger partial charge in [0.2, 0.25) is 5.91 Å². The van der Waals surface area contributed by atoms with E-state index in [-0.39, 0.29) is 13.0 Å². The first-order valence-electron chi connectivity index (χ1n) is 2.97. The summed E-state index contributed by atoms with van der Waals surface area (Å²) in [6.45, 7) is 0.141. The molecule has 0 aliphatic carbocycles. The van der Waals surface area contributed by atoms with E-state index in [0.717, 1.165) is 0 Å². The second-order valence-corrected chi connectivity index (χ2v) is 3.39. The molecule has 0 radical (unpaired) electrons. The topological polar surface area (TPSA) is 115 Å². The smallest absolute Gasteiger partial charge is 0.274 e. The van der Waals surface area contributed by atoms with Gasteiger partial charge in [0.05, 0.1) is 0 Å². The predicted molar refractivity (Wildman–Crippen MR) is 39.5 cm³/mol. The molecule has 0 aliphatic heterocycles. The van der Waals surface area contributed by atoms with Gasteiger partial charge >= 0.3 is 0 Å². The van der Waals surface area contributed by atoms with Gasteiger partial charge in [0.15, 0.2) is 0 Å². The van der Waals surface area contributed by atoms with Crippen molar-refractivity contribution in [3.8, 4) is 0 Å². The summed E-state index contributed by atoms with van der Waals surface area (Å²) >= 11 is 0. The highest BCUT2D eigenvalue weighted by molar-refractivity contribution is 7.87. The predicted octanol–water partition coefficient (Wildman–Crippen LogP) is -1.95. The van der Waals surface area contributed by atoms with Gasteiger partial charge < -0.3 is 5.73 Å². The zero-order chi connectivity index (χ0) is 8.91. The molecule has 0 bridgehead atoms. The molecular formula is C4H11N3O3S. The number of hydrogen-bond acceptors (Lipinski definition) is 3. The third-order valence-corrected chi connectivity index (χ3v) is 1.51. The summed E-state index contributed by atoms with van der Waals surface area (Å²) in [5.74, 6) is -0.457. The molecule has 0 aromatic heterocycles. The average Bonchev–Trinajstić information content (AvgIpc) is 1.78. The number of amides is 1. The quantitative estimate of drug-likeness (QED) is 0.428. The maximum absolute atomic E-state index is 10.2. The summed E-state index contributed by atoms with van der Waals surface area (Å²) in [4.78, 5) is 10.1. The molecule has 0 aromatic rings. The number of primary amides is 1. The molecule has 0 unspecified atom stereocenters. The van der Waals surface area contributed by atoms with Crippen LogP contribution in [0, 0.1) is 0 Å². The van der Waals surface area contributed by atoms with E-state index in [0.29, 0.717) is 6.42 Å². The van der Waals surface area contributed by atoms with E-state index >= 15 is 0 Å². The van der Waals surface area contributed by atoms with Crippen LogP contribution >= 0.6 is 0 Å². The van der Waals surface area contributed by atoms with Crippen LogP contribution in [0.1, 0.15) is 12.8 Å². The highest BCUT2D eigenvalue weighted by atomic mass is 32.2. The van der Waals surface area contributed by atoms with Crippen LogP contribution in [0.3, 0.4) is 0 Å². The maximum Gasteiger partial charge on any atom is 0.274 e. The van der Waals surface area contributed by atoms with E-state index in [1.165, 1.54) is 0 Å². The van der Waals surface area contributed by atoms with Gasteiger partial charge in [0.25, 0.3) is 10.2 Å². The molecular weight excluding hydrogens is 170 g/mol. The molecule has 0 fully saturated rings. The summed E-state index contributed by atoms with van der Waals surface area (Å²) < 4.78 is 22.5. The Bertz CT molecular complexity index is 223. The second-order valence-electron chi connectivity index (χ2n) is 2.01. The van der Waals surface area contributed by atoms with E-state index in [4.69, 9.17) is 5.73 Å². The fourth-order valence-electron chi connectivity index (χ4n) is 0.477. The Hall–Kier alpha value is -0.660. The third-order valence-electron chi connectivity index (χ3n) is 0.903. The minimum absolute atomic E-state index is 0.141. The molecule has 0 aliphatic rings. The summed E-state index contributed by atoms with van der Waals surface area (Å²) in [5.41, 5.74) is 4.79. The highest BCUT2D eigenvalue weighted by Crippen LogP contribution is 1.84. The monoisotopic (exact) mass is 181 g/mol. The van der Waals surface area contributed by atoms with Crippen molar-refractivity contribution in [3.63, 3.8) is 0 Å².